The predicted octanol–water partition coefficient (Wildman–Crippen LogP) is 3.61. The molecule has 138 valence electrons. The van der Waals surface area contributed by atoms with Crippen molar-refractivity contribution in [3.8, 4) is 11.5 Å². The molecular formula is C18H15ClN4O3S. The largest absolute Gasteiger partial charge is 0.411 e. The van der Waals surface area contributed by atoms with Gasteiger partial charge in [-0.3, -0.25) is 9.59 Å². The van der Waals surface area contributed by atoms with E-state index in [1.807, 2.05) is 0 Å². The van der Waals surface area contributed by atoms with E-state index in [4.69, 9.17) is 21.8 Å². The molecule has 0 radical (unpaired) electrons. The first-order chi connectivity index (χ1) is 12.9. The Kier molecular flexibility index (Phi) is 5.78. The van der Waals surface area contributed by atoms with Gasteiger partial charge in [0.15, 0.2) is 0 Å². The molecule has 0 aliphatic heterocycles. The molecule has 0 saturated heterocycles. The van der Waals surface area contributed by atoms with Crippen molar-refractivity contribution in [2.24, 2.45) is 5.73 Å². The van der Waals surface area contributed by atoms with Crippen LogP contribution in [0.3, 0.4) is 0 Å². The zero-order chi connectivity index (χ0) is 19.4. The van der Waals surface area contributed by atoms with Crippen molar-refractivity contribution in [2.45, 2.75) is 17.4 Å². The number of nitrogens with two attached hydrogens (primary N) is 1. The van der Waals surface area contributed by atoms with E-state index in [-0.39, 0.29) is 11.1 Å². The number of nitrogens with zero attached hydrogens (tertiary/aromatic N) is 2. The van der Waals surface area contributed by atoms with E-state index in [1.165, 1.54) is 0 Å². The van der Waals surface area contributed by atoms with Gasteiger partial charge in [0.1, 0.15) is 0 Å². The lowest BCUT2D eigenvalue weighted by molar-refractivity contribution is -0.115. The molecule has 3 N–H and O–H groups in total. The second-order valence-corrected chi connectivity index (χ2v) is 7.30. The number of hydrogen-bond acceptors (Lipinski definition) is 6. The molecule has 0 saturated carbocycles. The Labute approximate surface area is 164 Å². The second-order valence-electron chi connectivity index (χ2n) is 5.57. The zero-order valence-corrected chi connectivity index (χ0v) is 15.8. The van der Waals surface area contributed by atoms with Crippen LogP contribution in [0.2, 0.25) is 5.02 Å². The van der Waals surface area contributed by atoms with Crippen molar-refractivity contribution in [1.29, 1.82) is 0 Å². The van der Waals surface area contributed by atoms with Crippen molar-refractivity contribution in [1.82, 2.24) is 10.2 Å². The van der Waals surface area contributed by atoms with Crippen LogP contribution in [0.25, 0.3) is 11.5 Å². The van der Waals surface area contributed by atoms with Crippen LogP contribution in [-0.4, -0.2) is 27.3 Å². The zero-order valence-electron chi connectivity index (χ0n) is 14.2. The number of thioether (sulfide) groups is 1. The van der Waals surface area contributed by atoms with Crippen molar-refractivity contribution in [3.05, 3.63) is 59.1 Å². The number of aromatic nitrogens is 2. The Morgan fingerprint density at radius 3 is 2.41 bits per heavy atom. The second kappa shape index (κ2) is 8.24. The summed E-state index contributed by atoms with van der Waals surface area (Å²) in [5.41, 5.74) is 6.86. The third-order valence-corrected chi connectivity index (χ3v) is 4.77. The maximum Gasteiger partial charge on any atom is 0.277 e. The van der Waals surface area contributed by atoms with Crippen LogP contribution in [0.15, 0.2) is 58.2 Å². The van der Waals surface area contributed by atoms with Crippen LogP contribution >= 0.6 is 23.4 Å². The molecule has 3 aromatic rings. The lowest BCUT2D eigenvalue weighted by Crippen LogP contribution is -2.22. The molecule has 1 heterocycles. The lowest BCUT2D eigenvalue weighted by atomic mass is 10.2. The van der Waals surface area contributed by atoms with Gasteiger partial charge in [-0.15, -0.1) is 10.2 Å². The third kappa shape index (κ3) is 4.87. The van der Waals surface area contributed by atoms with Gasteiger partial charge in [0.25, 0.3) is 5.22 Å². The van der Waals surface area contributed by atoms with E-state index in [2.05, 4.69) is 15.5 Å². The average molecular weight is 403 g/mol. The maximum atomic E-state index is 12.3. The molecule has 0 aliphatic rings. The highest BCUT2D eigenvalue weighted by atomic mass is 35.5. The number of anilines is 1. The van der Waals surface area contributed by atoms with Gasteiger partial charge in [-0.2, -0.15) is 0 Å². The van der Waals surface area contributed by atoms with Crippen LogP contribution in [0.4, 0.5) is 5.69 Å². The van der Waals surface area contributed by atoms with Crippen molar-refractivity contribution in [3.63, 3.8) is 0 Å². The molecule has 3 rings (SSSR count). The van der Waals surface area contributed by atoms with E-state index in [0.717, 1.165) is 17.3 Å². The molecule has 0 bridgehead atoms. The first-order valence-corrected chi connectivity index (χ1v) is 9.15. The minimum Gasteiger partial charge on any atom is -0.411 e. The quantitative estimate of drug-likeness (QED) is 0.609. The molecule has 1 aromatic heterocycles. The van der Waals surface area contributed by atoms with Gasteiger partial charge in [0.05, 0.1) is 5.25 Å². The Hall–Kier alpha value is -2.84. The number of carbonyl (C=O) groups is 2. The fourth-order valence-corrected chi connectivity index (χ4v) is 2.94. The summed E-state index contributed by atoms with van der Waals surface area (Å²) < 4.78 is 5.59. The molecule has 1 atom stereocenters. The maximum absolute atomic E-state index is 12.3. The Morgan fingerprint density at radius 1 is 1.11 bits per heavy atom. The number of hydrogen-bond donors (Lipinski definition) is 2. The SMILES string of the molecule is C[C@@H](Sc1nnc(-c2ccc(Cl)cc2)o1)C(=O)Nc1ccc(C(N)=O)cc1. The number of halogens is 1. The van der Waals surface area contributed by atoms with Gasteiger partial charge in [-0.25, -0.2) is 0 Å². The van der Waals surface area contributed by atoms with Crippen LogP contribution in [-0.2, 0) is 4.79 Å². The van der Waals surface area contributed by atoms with Crippen molar-refractivity contribution < 1.29 is 14.0 Å². The summed E-state index contributed by atoms with van der Waals surface area (Å²) in [7, 11) is 0. The highest BCUT2D eigenvalue weighted by Crippen LogP contribution is 2.27. The first-order valence-electron chi connectivity index (χ1n) is 7.89. The summed E-state index contributed by atoms with van der Waals surface area (Å²) >= 11 is 7.01. The predicted molar refractivity (Wildman–Crippen MR) is 104 cm³/mol. The number of primary amides is 1. The molecule has 9 heteroatoms. The van der Waals surface area contributed by atoms with E-state index in [1.54, 1.807) is 55.5 Å². The van der Waals surface area contributed by atoms with Crippen LogP contribution in [0, 0.1) is 0 Å². The molecule has 0 aliphatic carbocycles. The molecule has 0 unspecified atom stereocenters. The van der Waals surface area contributed by atoms with Gasteiger partial charge in [0, 0.05) is 21.8 Å². The number of amides is 2. The van der Waals surface area contributed by atoms with Gasteiger partial charge in [-0.1, -0.05) is 23.4 Å². The number of nitrogens with one attached hydrogen (secondary N) is 1. The van der Waals surface area contributed by atoms with E-state index in [9.17, 15) is 9.59 Å². The first kappa shape index (κ1) is 18.9. The number of rotatable bonds is 6. The highest BCUT2D eigenvalue weighted by Gasteiger charge is 2.19. The monoisotopic (exact) mass is 402 g/mol. The molecule has 7 nitrogen and oxygen atoms in total. The summed E-state index contributed by atoms with van der Waals surface area (Å²) in [6.07, 6.45) is 0. The third-order valence-electron chi connectivity index (χ3n) is 3.58. The van der Waals surface area contributed by atoms with Crippen LogP contribution in [0.5, 0.6) is 0 Å². The smallest absolute Gasteiger partial charge is 0.277 e. The highest BCUT2D eigenvalue weighted by molar-refractivity contribution is 8.00. The molecular weight excluding hydrogens is 388 g/mol. The molecule has 2 aromatic carbocycles. The summed E-state index contributed by atoms with van der Waals surface area (Å²) in [5.74, 6) is -0.411. The minimum atomic E-state index is -0.523. The Balaban J connectivity index is 1.61. The summed E-state index contributed by atoms with van der Waals surface area (Å²) in [6, 6.07) is 13.3. The van der Waals surface area contributed by atoms with Crippen molar-refractivity contribution in [2.75, 3.05) is 5.32 Å². The Bertz CT molecular complexity index is 957. The molecule has 0 fully saturated rings. The van der Waals surface area contributed by atoms with Gasteiger partial charge in [-0.05, 0) is 55.5 Å². The van der Waals surface area contributed by atoms with Gasteiger partial charge >= 0.3 is 0 Å². The summed E-state index contributed by atoms with van der Waals surface area (Å²) in [6.45, 7) is 1.73. The fraction of sp³-hybridized carbons (Fsp3) is 0.111. The summed E-state index contributed by atoms with van der Waals surface area (Å²) in [4.78, 5) is 23.4. The number of benzene rings is 2. The molecule has 27 heavy (non-hydrogen) atoms. The van der Waals surface area contributed by atoms with Crippen LogP contribution < -0.4 is 11.1 Å². The number of carbonyl (C=O) groups excluding carboxylic acids is 2. The Morgan fingerprint density at radius 2 is 1.78 bits per heavy atom. The lowest BCUT2D eigenvalue weighted by Gasteiger charge is -2.10. The molecule has 0 spiro atoms. The van der Waals surface area contributed by atoms with Crippen molar-refractivity contribution >= 4 is 40.9 Å². The minimum absolute atomic E-state index is 0.238. The van der Waals surface area contributed by atoms with Crippen LogP contribution in [0.1, 0.15) is 17.3 Å². The standard InChI is InChI=1S/C18H15ClN4O3S/c1-10(16(25)21-14-8-4-11(5-9-14)15(20)24)27-18-23-22-17(26-18)12-2-6-13(19)7-3-12/h2-10H,1H3,(H2,20,24)(H,21,25)/t10-/m1/s1. The van der Waals surface area contributed by atoms with E-state index in [0.29, 0.717) is 22.2 Å². The van der Waals surface area contributed by atoms with Gasteiger partial charge in [0.2, 0.25) is 17.7 Å². The average Bonchev–Trinajstić information content (AvgIpc) is 3.11. The van der Waals surface area contributed by atoms with E-state index >= 15 is 0 Å². The topological polar surface area (TPSA) is 111 Å². The normalized spacial score (nSPS) is 11.8. The summed E-state index contributed by atoms with van der Waals surface area (Å²) in [5, 5.41) is 11.1. The molecule has 2 amide bonds. The fourth-order valence-electron chi connectivity index (χ4n) is 2.13. The van der Waals surface area contributed by atoms with Gasteiger partial charge < -0.3 is 15.5 Å². The van der Waals surface area contributed by atoms with E-state index < -0.39 is 11.2 Å².